The number of benzene rings is 2. The smallest absolute Gasteiger partial charge is 0.338 e. The molecule has 3 rings (SSSR count). The van der Waals surface area contributed by atoms with Gasteiger partial charge in [-0.2, -0.15) is 5.10 Å². The van der Waals surface area contributed by atoms with Crippen molar-refractivity contribution in [2.24, 2.45) is 0 Å². The van der Waals surface area contributed by atoms with Crippen LogP contribution in [-0.2, 0) is 11.3 Å². The number of ether oxygens (including phenoxy) is 1. The van der Waals surface area contributed by atoms with E-state index in [2.05, 4.69) is 10.1 Å². The molecule has 0 atom stereocenters. The lowest BCUT2D eigenvalue weighted by molar-refractivity contribution is 0.0472. The average molecular weight is 293 g/mol. The van der Waals surface area contributed by atoms with E-state index in [1.165, 1.54) is 6.33 Å². The number of esters is 1. The Bertz CT molecular complexity index is 765. The standard InChI is InChI=1S/C17H15N3O2/c1-13-3-2-4-14(9-13)10-22-17(21)15-5-7-16(8-6-15)20-12-18-11-19-20/h2-9,11-12H,10H2,1H3. The molecule has 0 N–H and O–H groups in total. The van der Waals surface area contributed by atoms with Crippen LogP contribution >= 0.6 is 0 Å². The van der Waals surface area contributed by atoms with E-state index in [-0.39, 0.29) is 12.6 Å². The molecule has 0 aliphatic heterocycles. The summed E-state index contributed by atoms with van der Waals surface area (Å²) in [6.07, 6.45) is 3.06. The van der Waals surface area contributed by atoms with E-state index in [9.17, 15) is 4.79 Å². The second-order valence-electron chi connectivity index (χ2n) is 4.95. The summed E-state index contributed by atoms with van der Waals surface area (Å²) < 4.78 is 6.95. The molecule has 0 aliphatic rings. The summed E-state index contributed by atoms with van der Waals surface area (Å²) in [5.41, 5.74) is 3.47. The van der Waals surface area contributed by atoms with Crippen LogP contribution < -0.4 is 0 Å². The summed E-state index contributed by atoms with van der Waals surface area (Å²) in [4.78, 5) is 15.9. The summed E-state index contributed by atoms with van der Waals surface area (Å²) in [6.45, 7) is 2.28. The highest BCUT2D eigenvalue weighted by Crippen LogP contribution is 2.11. The molecular formula is C17H15N3O2. The van der Waals surface area contributed by atoms with Crippen molar-refractivity contribution in [2.75, 3.05) is 0 Å². The number of hydrogen-bond acceptors (Lipinski definition) is 4. The molecule has 1 aromatic heterocycles. The maximum atomic E-state index is 12.0. The first-order chi connectivity index (χ1) is 10.7. The minimum Gasteiger partial charge on any atom is -0.457 e. The third kappa shape index (κ3) is 3.20. The van der Waals surface area contributed by atoms with E-state index >= 15 is 0 Å². The first-order valence-corrected chi connectivity index (χ1v) is 6.90. The van der Waals surface area contributed by atoms with E-state index in [1.54, 1.807) is 35.3 Å². The number of rotatable bonds is 4. The van der Waals surface area contributed by atoms with Crippen LogP contribution in [0, 0.1) is 6.92 Å². The molecule has 0 unspecified atom stereocenters. The molecule has 2 aromatic carbocycles. The van der Waals surface area contributed by atoms with E-state index in [4.69, 9.17) is 4.74 Å². The number of carbonyl (C=O) groups excluding carboxylic acids is 1. The van der Waals surface area contributed by atoms with Gasteiger partial charge in [-0.05, 0) is 36.8 Å². The first-order valence-electron chi connectivity index (χ1n) is 6.90. The van der Waals surface area contributed by atoms with Gasteiger partial charge in [0.2, 0.25) is 0 Å². The van der Waals surface area contributed by atoms with Gasteiger partial charge in [0.25, 0.3) is 0 Å². The molecule has 0 radical (unpaired) electrons. The topological polar surface area (TPSA) is 57.0 Å². The number of hydrogen-bond donors (Lipinski definition) is 0. The van der Waals surface area contributed by atoms with Crippen molar-refractivity contribution in [1.82, 2.24) is 14.8 Å². The van der Waals surface area contributed by atoms with E-state index in [0.717, 1.165) is 16.8 Å². The molecule has 3 aromatic rings. The van der Waals surface area contributed by atoms with Crippen molar-refractivity contribution in [3.63, 3.8) is 0 Å². The number of aryl methyl sites for hydroxylation is 1. The predicted octanol–water partition coefficient (Wildman–Crippen LogP) is 2.93. The van der Waals surface area contributed by atoms with Gasteiger partial charge in [0, 0.05) is 0 Å². The molecule has 5 nitrogen and oxygen atoms in total. The molecule has 1 heterocycles. The highest BCUT2D eigenvalue weighted by atomic mass is 16.5. The summed E-state index contributed by atoms with van der Waals surface area (Å²) in [6, 6.07) is 14.9. The van der Waals surface area contributed by atoms with Crippen molar-refractivity contribution in [3.05, 3.63) is 77.9 Å². The molecule has 110 valence electrons. The predicted molar refractivity (Wildman–Crippen MR) is 81.7 cm³/mol. The van der Waals surface area contributed by atoms with Crippen molar-refractivity contribution in [3.8, 4) is 5.69 Å². The fourth-order valence-corrected chi connectivity index (χ4v) is 2.13. The van der Waals surface area contributed by atoms with Crippen LogP contribution in [0.25, 0.3) is 5.69 Å². The summed E-state index contributed by atoms with van der Waals surface area (Å²) in [5, 5.41) is 4.03. The fraction of sp³-hybridized carbons (Fsp3) is 0.118. The Kier molecular flexibility index (Phi) is 3.96. The largest absolute Gasteiger partial charge is 0.457 e. The zero-order valence-corrected chi connectivity index (χ0v) is 12.1. The lowest BCUT2D eigenvalue weighted by Gasteiger charge is -2.06. The van der Waals surface area contributed by atoms with Gasteiger partial charge in [-0.3, -0.25) is 0 Å². The Morgan fingerprint density at radius 1 is 1.18 bits per heavy atom. The normalized spacial score (nSPS) is 10.4. The summed E-state index contributed by atoms with van der Waals surface area (Å²) in [5.74, 6) is -0.341. The first kappa shape index (κ1) is 14.0. The molecule has 22 heavy (non-hydrogen) atoms. The van der Waals surface area contributed by atoms with Gasteiger partial charge in [-0.15, -0.1) is 0 Å². The second kappa shape index (κ2) is 6.22. The molecule has 0 bridgehead atoms. The number of nitrogens with zero attached hydrogens (tertiary/aromatic N) is 3. The Balaban J connectivity index is 1.65. The molecular weight excluding hydrogens is 278 g/mol. The molecule has 0 fully saturated rings. The maximum absolute atomic E-state index is 12.0. The molecule has 0 spiro atoms. The Morgan fingerprint density at radius 3 is 2.68 bits per heavy atom. The van der Waals surface area contributed by atoms with Crippen molar-refractivity contribution >= 4 is 5.97 Å². The Labute approximate surface area is 128 Å². The van der Waals surface area contributed by atoms with E-state index in [0.29, 0.717) is 5.56 Å². The molecule has 0 saturated heterocycles. The quantitative estimate of drug-likeness (QED) is 0.694. The van der Waals surface area contributed by atoms with Gasteiger partial charge in [0.05, 0.1) is 11.3 Å². The molecule has 0 aliphatic carbocycles. The van der Waals surface area contributed by atoms with Gasteiger partial charge in [-0.25, -0.2) is 14.5 Å². The highest BCUT2D eigenvalue weighted by Gasteiger charge is 2.08. The van der Waals surface area contributed by atoms with Gasteiger partial charge < -0.3 is 4.74 Å². The summed E-state index contributed by atoms with van der Waals surface area (Å²) >= 11 is 0. The Hall–Kier alpha value is -2.95. The van der Waals surface area contributed by atoms with Crippen LogP contribution in [0.4, 0.5) is 0 Å². The fourth-order valence-electron chi connectivity index (χ4n) is 2.13. The highest BCUT2D eigenvalue weighted by molar-refractivity contribution is 5.89. The van der Waals surface area contributed by atoms with Crippen molar-refractivity contribution in [1.29, 1.82) is 0 Å². The SMILES string of the molecule is Cc1cccc(COC(=O)c2ccc(-n3cncn3)cc2)c1. The van der Waals surface area contributed by atoms with Gasteiger partial charge in [0.1, 0.15) is 19.3 Å². The second-order valence-corrected chi connectivity index (χ2v) is 4.95. The summed E-state index contributed by atoms with van der Waals surface area (Å²) in [7, 11) is 0. The van der Waals surface area contributed by atoms with Crippen LogP contribution in [0.1, 0.15) is 21.5 Å². The van der Waals surface area contributed by atoms with Gasteiger partial charge in [0.15, 0.2) is 0 Å². The Morgan fingerprint density at radius 2 is 2.00 bits per heavy atom. The van der Waals surface area contributed by atoms with Gasteiger partial charge >= 0.3 is 5.97 Å². The number of carbonyl (C=O) groups is 1. The third-order valence-electron chi connectivity index (χ3n) is 3.24. The molecule has 0 saturated carbocycles. The lowest BCUT2D eigenvalue weighted by atomic mass is 10.1. The molecule has 0 amide bonds. The van der Waals surface area contributed by atoms with Crippen LogP contribution in [0.3, 0.4) is 0 Å². The van der Waals surface area contributed by atoms with Crippen LogP contribution in [-0.4, -0.2) is 20.7 Å². The van der Waals surface area contributed by atoms with E-state index in [1.807, 2.05) is 31.2 Å². The van der Waals surface area contributed by atoms with Crippen molar-refractivity contribution < 1.29 is 9.53 Å². The van der Waals surface area contributed by atoms with E-state index < -0.39 is 0 Å². The van der Waals surface area contributed by atoms with Crippen LogP contribution in [0.2, 0.25) is 0 Å². The molecule has 5 heteroatoms. The number of aromatic nitrogens is 3. The minimum atomic E-state index is -0.341. The minimum absolute atomic E-state index is 0.269. The van der Waals surface area contributed by atoms with Gasteiger partial charge in [-0.1, -0.05) is 29.8 Å². The monoisotopic (exact) mass is 293 g/mol. The van der Waals surface area contributed by atoms with Crippen molar-refractivity contribution in [2.45, 2.75) is 13.5 Å². The zero-order chi connectivity index (χ0) is 15.4. The lowest BCUT2D eigenvalue weighted by Crippen LogP contribution is -2.05. The van der Waals surface area contributed by atoms with Crippen LogP contribution in [0.15, 0.2) is 61.2 Å². The third-order valence-corrected chi connectivity index (χ3v) is 3.24. The van der Waals surface area contributed by atoms with Crippen LogP contribution in [0.5, 0.6) is 0 Å². The average Bonchev–Trinajstić information content (AvgIpc) is 3.07. The zero-order valence-electron chi connectivity index (χ0n) is 12.1. The maximum Gasteiger partial charge on any atom is 0.338 e.